The van der Waals surface area contributed by atoms with Crippen LogP contribution in [0.1, 0.15) is 11.1 Å². The van der Waals surface area contributed by atoms with Crippen molar-refractivity contribution in [3.63, 3.8) is 0 Å². The predicted octanol–water partition coefficient (Wildman–Crippen LogP) is 2.85. The lowest BCUT2D eigenvalue weighted by molar-refractivity contribution is -0.132. The summed E-state index contributed by atoms with van der Waals surface area (Å²) in [5, 5.41) is 0. The van der Waals surface area contributed by atoms with Crippen molar-refractivity contribution in [1.82, 2.24) is 0 Å². The molecule has 2 aromatic rings. The monoisotopic (exact) mass is 253 g/mol. The van der Waals surface area contributed by atoms with Crippen LogP contribution >= 0.6 is 0 Å². The molecule has 0 heterocycles. The van der Waals surface area contributed by atoms with Crippen LogP contribution in [0.2, 0.25) is 0 Å². The highest BCUT2D eigenvalue weighted by atomic mass is 16.5. The van der Waals surface area contributed by atoms with Crippen LogP contribution in [0, 0.1) is 0 Å². The number of carbonyl (C=O) groups excluding carboxylic acids is 1. The van der Waals surface area contributed by atoms with Gasteiger partial charge >= 0.3 is 5.97 Å². The number of hydrogen-bond acceptors (Lipinski definition) is 3. The molecule has 19 heavy (non-hydrogen) atoms. The van der Waals surface area contributed by atoms with E-state index >= 15 is 0 Å². The number of benzene rings is 2. The van der Waals surface area contributed by atoms with Gasteiger partial charge in [-0.15, -0.1) is 0 Å². The normalized spacial score (nSPS) is 11.1. The third-order valence-electron chi connectivity index (χ3n) is 2.69. The van der Waals surface area contributed by atoms with Crippen LogP contribution in [0.3, 0.4) is 0 Å². The molecular weight excluding hydrogens is 238 g/mol. The summed E-state index contributed by atoms with van der Waals surface area (Å²) >= 11 is 0. The standard InChI is InChI=1S/C16H15NO2/c1-19-16(18)15(14-10-6-3-7-11-14)17-12-13-8-4-2-5-9-13/h2-11H,12H2,1H3. The molecule has 2 aromatic carbocycles. The summed E-state index contributed by atoms with van der Waals surface area (Å²) in [7, 11) is 1.36. The Labute approximate surface area is 112 Å². The Morgan fingerprint density at radius 1 is 1.00 bits per heavy atom. The SMILES string of the molecule is COC(=O)C(=NCc1ccccc1)c1ccccc1. The molecule has 0 radical (unpaired) electrons. The molecule has 0 N–H and O–H groups in total. The van der Waals surface area contributed by atoms with Crippen LogP contribution < -0.4 is 0 Å². The minimum absolute atomic E-state index is 0.354. The van der Waals surface area contributed by atoms with E-state index in [1.165, 1.54) is 7.11 Å². The van der Waals surface area contributed by atoms with Gasteiger partial charge in [0, 0.05) is 5.56 Å². The molecule has 0 aromatic heterocycles. The molecule has 0 unspecified atom stereocenters. The van der Waals surface area contributed by atoms with Gasteiger partial charge in [-0.3, -0.25) is 4.99 Å². The van der Waals surface area contributed by atoms with Crippen molar-refractivity contribution in [1.29, 1.82) is 0 Å². The molecule has 3 nitrogen and oxygen atoms in total. The smallest absolute Gasteiger partial charge is 0.356 e. The van der Waals surface area contributed by atoms with E-state index in [2.05, 4.69) is 4.99 Å². The van der Waals surface area contributed by atoms with Gasteiger partial charge in [-0.1, -0.05) is 60.7 Å². The Morgan fingerprint density at radius 3 is 2.16 bits per heavy atom. The zero-order chi connectivity index (χ0) is 13.5. The second-order valence-corrected chi connectivity index (χ2v) is 4.01. The number of hydrogen-bond donors (Lipinski definition) is 0. The molecule has 0 saturated heterocycles. The molecule has 96 valence electrons. The molecule has 0 aliphatic heterocycles. The lowest BCUT2D eigenvalue weighted by atomic mass is 10.1. The van der Waals surface area contributed by atoms with Crippen molar-refractivity contribution < 1.29 is 9.53 Å². The summed E-state index contributed by atoms with van der Waals surface area (Å²) in [5.41, 5.74) is 2.18. The molecule has 0 aliphatic carbocycles. The fourth-order valence-electron chi connectivity index (χ4n) is 1.72. The van der Waals surface area contributed by atoms with E-state index in [1.54, 1.807) is 0 Å². The highest BCUT2D eigenvalue weighted by Gasteiger charge is 2.13. The van der Waals surface area contributed by atoms with E-state index in [4.69, 9.17) is 4.74 Å². The fourth-order valence-corrected chi connectivity index (χ4v) is 1.72. The minimum Gasteiger partial charge on any atom is -0.464 e. The van der Waals surface area contributed by atoms with Crippen molar-refractivity contribution >= 4 is 11.7 Å². The first-order valence-corrected chi connectivity index (χ1v) is 6.03. The Kier molecular flexibility index (Phi) is 4.45. The zero-order valence-corrected chi connectivity index (χ0v) is 10.7. The number of carbonyl (C=O) groups is 1. The number of methoxy groups -OCH3 is 1. The van der Waals surface area contributed by atoms with E-state index in [0.29, 0.717) is 12.3 Å². The van der Waals surface area contributed by atoms with Gasteiger partial charge in [-0.2, -0.15) is 0 Å². The maximum atomic E-state index is 11.8. The maximum absolute atomic E-state index is 11.8. The topological polar surface area (TPSA) is 38.7 Å². The lowest BCUT2D eigenvalue weighted by Gasteiger charge is -2.05. The number of nitrogens with zero attached hydrogens (tertiary/aromatic N) is 1. The van der Waals surface area contributed by atoms with Crippen molar-refractivity contribution in [2.45, 2.75) is 6.54 Å². The van der Waals surface area contributed by atoms with Crippen LogP contribution in [0.4, 0.5) is 0 Å². The third kappa shape index (κ3) is 3.52. The maximum Gasteiger partial charge on any atom is 0.356 e. The molecule has 0 saturated carbocycles. The Bertz CT molecular complexity index is 562. The molecular formula is C16H15NO2. The highest BCUT2D eigenvalue weighted by Crippen LogP contribution is 2.06. The Morgan fingerprint density at radius 2 is 1.58 bits per heavy atom. The summed E-state index contributed by atoms with van der Waals surface area (Å²) < 4.78 is 4.79. The van der Waals surface area contributed by atoms with Crippen LogP contribution in [-0.4, -0.2) is 18.8 Å². The Hall–Kier alpha value is -2.42. The second kappa shape index (κ2) is 6.50. The largest absolute Gasteiger partial charge is 0.464 e. The lowest BCUT2D eigenvalue weighted by Crippen LogP contribution is -2.17. The molecule has 0 fully saturated rings. The van der Waals surface area contributed by atoms with E-state index in [9.17, 15) is 4.79 Å². The number of aliphatic imine (C=N–C) groups is 1. The quantitative estimate of drug-likeness (QED) is 0.620. The van der Waals surface area contributed by atoms with Crippen LogP contribution in [0.25, 0.3) is 0 Å². The van der Waals surface area contributed by atoms with Crippen molar-refractivity contribution in [3.05, 3.63) is 71.8 Å². The minimum atomic E-state index is -0.415. The van der Waals surface area contributed by atoms with Gasteiger partial charge in [-0.05, 0) is 5.56 Å². The number of ether oxygens (including phenoxy) is 1. The molecule has 0 amide bonds. The van der Waals surface area contributed by atoms with E-state index in [1.807, 2.05) is 60.7 Å². The Balaban J connectivity index is 2.26. The van der Waals surface area contributed by atoms with Crippen LogP contribution in [0.15, 0.2) is 65.7 Å². The highest BCUT2D eigenvalue weighted by molar-refractivity contribution is 6.43. The van der Waals surface area contributed by atoms with Crippen molar-refractivity contribution in [3.8, 4) is 0 Å². The first-order chi connectivity index (χ1) is 9.31. The van der Waals surface area contributed by atoms with Gasteiger partial charge in [0.2, 0.25) is 0 Å². The van der Waals surface area contributed by atoms with Gasteiger partial charge < -0.3 is 4.74 Å². The van der Waals surface area contributed by atoms with Gasteiger partial charge in [0.15, 0.2) is 5.71 Å². The number of rotatable bonds is 4. The van der Waals surface area contributed by atoms with Crippen molar-refractivity contribution in [2.75, 3.05) is 7.11 Å². The number of esters is 1. The summed E-state index contributed by atoms with van der Waals surface area (Å²) in [6, 6.07) is 19.1. The molecule has 0 bridgehead atoms. The van der Waals surface area contributed by atoms with Crippen LogP contribution in [-0.2, 0) is 16.1 Å². The van der Waals surface area contributed by atoms with E-state index < -0.39 is 5.97 Å². The molecule has 0 atom stereocenters. The van der Waals surface area contributed by atoms with E-state index in [-0.39, 0.29) is 0 Å². The molecule has 2 rings (SSSR count). The van der Waals surface area contributed by atoms with Gasteiger partial charge in [0.1, 0.15) is 0 Å². The zero-order valence-electron chi connectivity index (χ0n) is 10.7. The fraction of sp³-hybridized carbons (Fsp3) is 0.125. The van der Waals surface area contributed by atoms with Crippen LogP contribution in [0.5, 0.6) is 0 Å². The average molecular weight is 253 g/mol. The second-order valence-electron chi connectivity index (χ2n) is 4.01. The first-order valence-electron chi connectivity index (χ1n) is 6.03. The summed E-state index contributed by atoms with van der Waals surface area (Å²) in [5.74, 6) is -0.415. The van der Waals surface area contributed by atoms with Gasteiger partial charge in [0.05, 0.1) is 13.7 Å². The third-order valence-corrected chi connectivity index (χ3v) is 2.69. The molecule has 3 heteroatoms. The van der Waals surface area contributed by atoms with E-state index in [0.717, 1.165) is 11.1 Å². The van der Waals surface area contributed by atoms with Crippen molar-refractivity contribution in [2.24, 2.45) is 4.99 Å². The van der Waals surface area contributed by atoms with Gasteiger partial charge in [0.25, 0.3) is 0 Å². The predicted molar refractivity (Wildman–Crippen MR) is 75.1 cm³/mol. The summed E-state index contributed by atoms with van der Waals surface area (Å²) in [4.78, 5) is 16.2. The molecule has 0 aliphatic rings. The summed E-state index contributed by atoms with van der Waals surface area (Å²) in [6.45, 7) is 0.458. The van der Waals surface area contributed by atoms with Gasteiger partial charge in [-0.25, -0.2) is 4.79 Å². The first kappa shape index (κ1) is 13.0. The summed E-state index contributed by atoms with van der Waals surface area (Å²) in [6.07, 6.45) is 0. The molecule has 0 spiro atoms. The average Bonchev–Trinajstić information content (AvgIpc) is 2.49.